The average molecular weight is 461 g/mol. The van der Waals surface area contributed by atoms with Crippen LogP contribution in [0.1, 0.15) is 16.7 Å². The first-order valence-corrected chi connectivity index (χ1v) is 11.0. The molecular weight excluding hydrogens is 439 g/mol. The molecule has 3 aromatic heterocycles. The molecule has 5 rings (SSSR count). The van der Waals surface area contributed by atoms with Gasteiger partial charge in [0.1, 0.15) is 11.9 Å². The van der Waals surface area contributed by atoms with Crippen LogP contribution < -0.4 is 5.32 Å². The van der Waals surface area contributed by atoms with Crippen LogP contribution in [-0.2, 0) is 6.54 Å². The van der Waals surface area contributed by atoms with Crippen molar-refractivity contribution in [1.29, 1.82) is 10.7 Å². The lowest BCUT2D eigenvalue weighted by atomic mass is 9.94. The molecule has 170 valence electrons. The molecule has 0 radical (unpaired) electrons. The largest absolute Gasteiger partial charge is 0.388 e. The van der Waals surface area contributed by atoms with Crippen LogP contribution >= 0.6 is 0 Å². The van der Waals surface area contributed by atoms with E-state index in [1.165, 1.54) is 18.3 Å². The molecule has 0 aliphatic heterocycles. The van der Waals surface area contributed by atoms with E-state index >= 15 is 0 Å². The maximum absolute atomic E-state index is 14.7. The number of nitrogens with zero attached hydrogens (tertiary/aromatic N) is 4. The first-order chi connectivity index (χ1) is 17.1. The molecule has 0 atom stereocenters. The molecule has 0 amide bonds. The van der Waals surface area contributed by atoms with Crippen molar-refractivity contribution in [3.05, 3.63) is 102 Å². The summed E-state index contributed by atoms with van der Waals surface area (Å²) < 4.78 is 16.8. The topological polar surface area (TPSA) is 90.4 Å². The van der Waals surface area contributed by atoms with Gasteiger partial charge in [-0.15, -0.1) is 0 Å². The van der Waals surface area contributed by atoms with Crippen molar-refractivity contribution in [2.45, 2.75) is 6.54 Å². The summed E-state index contributed by atoms with van der Waals surface area (Å²) in [6, 6.07) is 18.2. The summed E-state index contributed by atoms with van der Waals surface area (Å²) in [5.74, 6) is -0.576. The summed E-state index contributed by atoms with van der Waals surface area (Å²) in [7, 11) is 1.81. The zero-order valence-electron chi connectivity index (χ0n) is 19.0. The van der Waals surface area contributed by atoms with Gasteiger partial charge >= 0.3 is 0 Å². The van der Waals surface area contributed by atoms with Crippen LogP contribution in [0.25, 0.3) is 33.3 Å². The standard InChI is InChI=1S/C28H21FN6/c1-32-25-7-6-20(11-22(25)14-31)28-27(19-4-5-21(13-30)24(29)12-19)23-8-10-35(26(23)16-34-28)17-18-3-2-9-33-15-18/h2-12,14-16,31-32H,17H2,1H3. The SMILES string of the molecule is CNc1ccc(-c2ncc3c(ccn3Cc3cccnc3)c2-c2ccc(C#N)c(F)c2)cc1C=N. The Morgan fingerprint density at radius 1 is 1.11 bits per heavy atom. The number of hydrogen-bond donors (Lipinski definition) is 2. The maximum atomic E-state index is 14.7. The van der Waals surface area contributed by atoms with Crippen molar-refractivity contribution in [3.63, 3.8) is 0 Å². The Balaban J connectivity index is 1.74. The zero-order chi connectivity index (χ0) is 24.4. The van der Waals surface area contributed by atoms with Gasteiger partial charge in [-0.3, -0.25) is 9.97 Å². The summed E-state index contributed by atoms with van der Waals surface area (Å²) >= 11 is 0. The van der Waals surface area contributed by atoms with E-state index in [0.717, 1.165) is 38.8 Å². The number of benzene rings is 2. The quantitative estimate of drug-likeness (QED) is 0.310. The Labute approximate surface area is 201 Å². The summed E-state index contributed by atoms with van der Waals surface area (Å²) in [5, 5.41) is 21.0. The Kier molecular flexibility index (Phi) is 5.78. The second kappa shape index (κ2) is 9.20. The fourth-order valence-electron chi connectivity index (χ4n) is 4.31. The fourth-order valence-corrected chi connectivity index (χ4v) is 4.31. The summed E-state index contributed by atoms with van der Waals surface area (Å²) in [6.07, 6.45) is 8.66. The number of aromatic nitrogens is 3. The van der Waals surface area contributed by atoms with E-state index in [4.69, 9.17) is 10.4 Å². The van der Waals surface area contributed by atoms with Gasteiger partial charge in [0.15, 0.2) is 0 Å². The summed E-state index contributed by atoms with van der Waals surface area (Å²) in [5.41, 5.74) is 6.38. The Hall–Kier alpha value is -4.83. The number of rotatable bonds is 6. The van der Waals surface area contributed by atoms with E-state index in [1.54, 1.807) is 12.3 Å². The lowest BCUT2D eigenvalue weighted by Crippen LogP contribution is -2.00. The molecule has 0 saturated heterocycles. The van der Waals surface area contributed by atoms with Crippen LogP contribution in [0.4, 0.5) is 10.1 Å². The fraction of sp³-hybridized carbons (Fsp3) is 0.0714. The molecule has 5 aromatic rings. The Morgan fingerprint density at radius 3 is 2.69 bits per heavy atom. The van der Waals surface area contributed by atoms with E-state index in [-0.39, 0.29) is 5.56 Å². The number of anilines is 1. The molecule has 0 spiro atoms. The summed E-state index contributed by atoms with van der Waals surface area (Å²) in [4.78, 5) is 9.01. The minimum Gasteiger partial charge on any atom is -0.388 e. The molecule has 3 heterocycles. The second-order valence-corrected chi connectivity index (χ2v) is 8.09. The summed E-state index contributed by atoms with van der Waals surface area (Å²) in [6.45, 7) is 0.619. The third kappa shape index (κ3) is 4.02. The van der Waals surface area contributed by atoms with Gasteiger partial charge in [0.25, 0.3) is 0 Å². The van der Waals surface area contributed by atoms with Gasteiger partial charge < -0.3 is 15.3 Å². The van der Waals surface area contributed by atoms with E-state index in [0.29, 0.717) is 17.8 Å². The van der Waals surface area contributed by atoms with Crippen LogP contribution in [0.3, 0.4) is 0 Å². The Bertz CT molecular complexity index is 1600. The average Bonchev–Trinajstić information content (AvgIpc) is 3.30. The molecule has 7 heteroatoms. The number of hydrogen-bond acceptors (Lipinski definition) is 5. The number of halogens is 1. The van der Waals surface area contributed by atoms with Crippen LogP contribution in [-0.4, -0.2) is 27.8 Å². The molecule has 0 aliphatic rings. The smallest absolute Gasteiger partial charge is 0.141 e. The first kappa shape index (κ1) is 22.0. The highest BCUT2D eigenvalue weighted by Crippen LogP contribution is 2.38. The molecule has 35 heavy (non-hydrogen) atoms. The molecule has 6 nitrogen and oxygen atoms in total. The molecular formula is C28H21FN6. The molecule has 0 aliphatic carbocycles. The monoisotopic (exact) mass is 460 g/mol. The van der Waals surface area contributed by atoms with Gasteiger partial charge in [-0.1, -0.05) is 18.2 Å². The molecule has 0 unspecified atom stereocenters. The molecule has 0 bridgehead atoms. The van der Waals surface area contributed by atoms with Gasteiger partial charge in [0.05, 0.1) is 23.0 Å². The van der Waals surface area contributed by atoms with E-state index in [1.807, 2.05) is 68.1 Å². The maximum Gasteiger partial charge on any atom is 0.141 e. The highest BCUT2D eigenvalue weighted by atomic mass is 19.1. The lowest BCUT2D eigenvalue weighted by molar-refractivity contribution is 0.624. The zero-order valence-corrected chi connectivity index (χ0v) is 19.0. The van der Waals surface area contributed by atoms with Crippen LogP contribution in [0.2, 0.25) is 0 Å². The van der Waals surface area contributed by atoms with Crippen LogP contribution in [0.5, 0.6) is 0 Å². The predicted octanol–water partition coefficient (Wildman–Crippen LogP) is 5.86. The second-order valence-electron chi connectivity index (χ2n) is 8.09. The van der Waals surface area contributed by atoms with E-state index in [2.05, 4.69) is 14.9 Å². The number of nitriles is 1. The minimum absolute atomic E-state index is 0.00551. The number of pyridine rings is 2. The minimum atomic E-state index is -0.576. The van der Waals surface area contributed by atoms with Gasteiger partial charge in [0, 0.05) is 66.2 Å². The molecule has 2 N–H and O–H groups in total. The van der Waals surface area contributed by atoms with Crippen molar-refractivity contribution >= 4 is 22.8 Å². The van der Waals surface area contributed by atoms with E-state index < -0.39 is 5.82 Å². The highest BCUT2D eigenvalue weighted by molar-refractivity contribution is 6.02. The molecule has 2 aromatic carbocycles. The molecule has 0 fully saturated rings. The third-order valence-electron chi connectivity index (χ3n) is 6.03. The van der Waals surface area contributed by atoms with Crippen LogP contribution in [0.15, 0.2) is 79.4 Å². The lowest BCUT2D eigenvalue weighted by Gasteiger charge is -2.14. The van der Waals surface area contributed by atoms with Gasteiger partial charge in [-0.25, -0.2) is 4.39 Å². The predicted molar refractivity (Wildman–Crippen MR) is 136 cm³/mol. The Morgan fingerprint density at radius 2 is 1.97 bits per heavy atom. The van der Waals surface area contributed by atoms with Crippen molar-refractivity contribution in [2.75, 3.05) is 12.4 Å². The van der Waals surface area contributed by atoms with Crippen molar-refractivity contribution in [3.8, 4) is 28.5 Å². The normalized spacial score (nSPS) is 10.8. The van der Waals surface area contributed by atoms with Crippen molar-refractivity contribution in [1.82, 2.24) is 14.5 Å². The van der Waals surface area contributed by atoms with Crippen molar-refractivity contribution < 1.29 is 4.39 Å². The first-order valence-electron chi connectivity index (χ1n) is 11.0. The number of fused-ring (bicyclic) bond motifs is 1. The van der Waals surface area contributed by atoms with E-state index in [9.17, 15) is 9.65 Å². The van der Waals surface area contributed by atoms with Crippen LogP contribution in [0, 0.1) is 22.6 Å². The van der Waals surface area contributed by atoms with Gasteiger partial charge in [-0.05, 0) is 47.5 Å². The van der Waals surface area contributed by atoms with Gasteiger partial charge in [0.2, 0.25) is 0 Å². The van der Waals surface area contributed by atoms with Gasteiger partial charge in [-0.2, -0.15) is 5.26 Å². The highest BCUT2D eigenvalue weighted by Gasteiger charge is 2.18. The number of nitrogens with one attached hydrogen (secondary N) is 2. The molecule has 0 saturated carbocycles. The van der Waals surface area contributed by atoms with Crippen molar-refractivity contribution in [2.24, 2.45) is 0 Å². The third-order valence-corrected chi connectivity index (χ3v) is 6.03.